The molecule has 159 valence electrons. The molecule has 3 aromatic rings. The summed E-state index contributed by atoms with van der Waals surface area (Å²) >= 11 is -1.08. The van der Waals surface area contributed by atoms with Crippen molar-refractivity contribution in [3.8, 4) is 5.75 Å². The van der Waals surface area contributed by atoms with E-state index in [1.54, 1.807) is 42.5 Å². The molecular weight excluding hydrogens is 470 g/mol. The van der Waals surface area contributed by atoms with Crippen molar-refractivity contribution < 1.29 is 27.5 Å². The van der Waals surface area contributed by atoms with E-state index >= 15 is 0 Å². The van der Waals surface area contributed by atoms with Crippen LogP contribution in [0.4, 0.5) is 18.9 Å². The molecule has 8 heteroatoms. The van der Waals surface area contributed by atoms with Crippen LogP contribution in [-0.2, 0) is 17.4 Å². The van der Waals surface area contributed by atoms with Gasteiger partial charge in [-0.15, -0.1) is 0 Å². The summed E-state index contributed by atoms with van der Waals surface area (Å²) in [6, 6.07) is 18.5. The zero-order valence-electron chi connectivity index (χ0n) is 16.4. The quantitative estimate of drug-likeness (QED) is 0.511. The number of carbonyl (C=O) groups is 2. The number of benzene rings is 3. The fourth-order valence-electron chi connectivity index (χ4n) is 2.85. The van der Waals surface area contributed by atoms with Crippen LogP contribution in [0.15, 0.2) is 72.8 Å². The van der Waals surface area contributed by atoms with Crippen molar-refractivity contribution in [1.82, 2.24) is 0 Å². The molecule has 0 bridgehead atoms. The first-order valence-corrected chi connectivity index (χ1v) is 11.1. The molecule has 0 aliphatic carbocycles. The number of methoxy groups -OCH3 is 1. The Bertz CT molecular complexity index is 1080. The second-order valence-electron chi connectivity index (χ2n) is 6.59. The number of carbonyl (C=O) groups excluding carboxylic acids is 2. The number of nitrogens with one attached hydrogen (secondary N) is 1. The Morgan fingerprint density at radius 3 is 2.39 bits per heavy atom. The molecule has 0 fully saturated rings. The van der Waals surface area contributed by atoms with Gasteiger partial charge in [0.25, 0.3) is 0 Å². The van der Waals surface area contributed by atoms with Gasteiger partial charge in [0.05, 0.1) is 0 Å². The number of amides is 1. The molecule has 1 amide bonds. The maximum atomic E-state index is 12.9. The molecule has 0 atom stereocenters. The van der Waals surface area contributed by atoms with Gasteiger partial charge < -0.3 is 0 Å². The molecule has 1 radical (unpaired) electrons. The van der Waals surface area contributed by atoms with Crippen LogP contribution in [0.25, 0.3) is 0 Å². The Kier molecular flexibility index (Phi) is 7.18. The summed E-state index contributed by atoms with van der Waals surface area (Å²) in [7, 11) is 1.46. The molecule has 0 saturated carbocycles. The number of ether oxygens (including phenoxy) is 1. The van der Waals surface area contributed by atoms with Gasteiger partial charge in [0.1, 0.15) is 0 Å². The Morgan fingerprint density at radius 1 is 0.968 bits per heavy atom. The van der Waals surface area contributed by atoms with Gasteiger partial charge in [-0.3, -0.25) is 0 Å². The predicted molar refractivity (Wildman–Crippen MR) is 113 cm³/mol. The SMILES string of the molecule is COc1ccc(C(=O)Nc2ccccc2)cc1[As]C(=O)Cc1cccc(C(F)(F)F)c1. The number of rotatable bonds is 7. The third kappa shape index (κ3) is 6.22. The second-order valence-corrected chi connectivity index (χ2v) is 9.11. The number of anilines is 1. The van der Waals surface area contributed by atoms with Gasteiger partial charge in [-0.25, -0.2) is 0 Å². The fourth-order valence-corrected chi connectivity index (χ4v) is 4.97. The first-order chi connectivity index (χ1) is 14.8. The number of para-hydroxylation sites is 1. The van der Waals surface area contributed by atoms with Crippen LogP contribution in [0.2, 0.25) is 0 Å². The molecule has 0 aliphatic rings. The normalized spacial score (nSPS) is 11.5. The van der Waals surface area contributed by atoms with E-state index in [4.69, 9.17) is 4.74 Å². The Balaban J connectivity index is 1.75. The van der Waals surface area contributed by atoms with Gasteiger partial charge in [0.15, 0.2) is 0 Å². The van der Waals surface area contributed by atoms with E-state index in [-0.39, 0.29) is 16.9 Å². The molecule has 3 rings (SSSR count). The minimum absolute atomic E-state index is 0.118. The average Bonchev–Trinajstić information content (AvgIpc) is 2.74. The molecule has 0 aliphatic heterocycles. The van der Waals surface area contributed by atoms with Crippen LogP contribution in [0, 0.1) is 0 Å². The average molecular weight is 488 g/mol. The topological polar surface area (TPSA) is 55.4 Å². The molecule has 4 nitrogen and oxygen atoms in total. The molecule has 0 unspecified atom stereocenters. The van der Waals surface area contributed by atoms with Crippen molar-refractivity contribution in [2.75, 3.05) is 12.4 Å². The Morgan fingerprint density at radius 2 is 1.71 bits per heavy atom. The van der Waals surface area contributed by atoms with Gasteiger partial charge in [-0.05, 0) is 0 Å². The molecule has 1 N–H and O–H groups in total. The van der Waals surface area contributed by atoms with Gasteiger partial charge >= 0.3 is 184 Å². The van der Waals surface area contributed by atoms with Crippen molar-refractivity contribution in [3.63, 3.8) is 0 Å². The first kappa shape index (κ1) is 22.6. The first-order valence-electron chi connectivity index (χ1n) is 9.21. The van der Waals surface area contributed by atoms with Crippen LogP contribution in [-0.4, -0.2) is 33.3 Å². The van der Waals surface area contributed by atoms with Crippen LogP contribution in [0.5, 0.6) is 5.75 Å². The van der Waals surface area contributed by atoms with Crippen molar-refractivity contribution in [3.05, 3.63) is 89.5 Å². The summed E-state index contributed by atoms with van der Waals surface area (Å²) in [4.78, 5) is 25.1. The fraction of sp³-hybridized carbons (Fsp3) is 0.130. The monoisotopic (exact) mass is 488 g/mol. The molecule has 0 saturated heterocycles. The van der Waals surface area contributed by atoms with E-state index in [9.17, 15) is 22.8 Å². The molecule has 0 heterocycles. The summed E-state index contributed by atoms with van der Waals surface area (Å²) < 4.78 is 44.4. The van der Waals surface area contributed by atoms with Crippen molar-refractivity contribution in [2.24, 2.45) is 0 Å². The summed E-state index contributed by atoms with van der Waals surface area (Å²) in [6.45, 7) is 0. The van der Waals surface area contributed by atoms with Crippen LogP contribution < -0.4 is 14.4 Å². The summed E-state index contributed by atoms with van der Waals surface area (Å²) in [5.41, 5.74) is 0.513. The maximum absolute atomic E-state index is 12.9. The molecule has 0 spiro atoms. The minimum atomic E-state index is -4.46. The van der Waals surface area contributed by atoms with E-state index < -0.39 is 27.5 Å². The van der Waals surface area contributed by atoms with E-state index in [0.29, 0.717) is 26.9 Å². The zero-order valence-corrected chi connectivity index (χ0v) is 18.3. The number of halogens is 3. The van der Waals surface area contributed by atoms with Crippen LogP contribution in [0.3, 0.4) is 0 Å². The van der Waals surface area contributed by atoms with E-state index in [1.165, 1.54) is 19.2 Å². The number of hydrogen-bond donors (Lipinski definition) is 1. The van der Waals surface area contributed by atoms with Crippen molar-refractivity contribution >= 4 is 36.3 Å². The standard InChI is InChI=1S/C23H18AsF3NO3/c1-31-20-11-10-16(22(30)28-18-8-3-2-4-9-18)14-19(20)24-21(29)13-15-6-5-7-17(12-15)23(25,26)27/h2-12,14H,13H2,1H3,(H,28,30). The molecule has 0 aromatic heterocycles. The van der Waals surface area contributed by atoms with Gasteiger partial charge in [0.2, 0.25) is 0 Å². The van der Waals surface area contributed by atoms with Gasteiger partial charge in [-0.2, -0.15) is 0 Å². The van der Waals surface area contributed by atoms with E-state index in [1.807, 2.05) is 6.07 Å². The number of alkyl halides is 3. The van der Waals surface area contributed by atoms with Crippen LogP contribution in [0.1, 0.15) is 21.5 Å². The van der Waals surface area contributed by atoms with Crippen molar-refractivity contribution in [1.29, 1.82) is 0 Å². The molecule has 3 aromatic carbocycles. The van der Waals surface area contributed by atoms with E-state index in [2.05, 4.69) is 5.32 Å². The van der Waals surface area contributed by atoms with E-state index in [0.717, 1.165) is 12.1 Å². The third-order valence-corrected chi connectivity index (χ3v) is 6.42. The Labute approximate surface area is 184 Å². The second kappa shape index (κ2) is 9.84. The molecule has 31 heavy (non-hydrogen) atoms. The summed E-state index contributed by atoms with van der Waals surface area (Å²) in [5, 5.41) is 2.78. The van der Waals surface area contributed by atoms with Gasteiger partial charge in [0, 0.05) is 0 Å². The van der Waals surface area contributed by atoms with Crippen molar-refractivity contribution in [2.45, 2.75) is 12.6 Å². The summed E-state index contributed by atoms with van der Waals surface area (Å²) in [6.07, 6.45) is -4.58. The Hall–Kier alpha value is -3.05. The number of hydrogen-bond acceptors (Lipinski definition) is 3. The van der Waals surface area contributed by atoms with Gasteiger partial charge in [-0.1, -0.05) is 0 Å². The zero-order chi connectivity index (χ0) is 22.4. The van der Waals surface area contributed by atoms with Crippen LogP contribution >= 0.6 is 0 Å². The predicted octanol–water partition coefficient (Wildman–Crippen LogP) is 4.07. The third-order valence-electron chi connectivity index (χ3n) is 4.33. The molecular formula is C23H18AsF3NO3. The summed E-state index contributed by atoms with van der Waals surface area (Å²) in [5.74, 6) is 0.135.